The third-order valence-electron chi connectivity index (χ3n) is 5.36. The van der Waals surface area contributed by atoms with E-state index in [1.807, 2.05) is 0 Å². The second-order valence-electron chi connectivity index (χ2n) is 6.08. The molecule has 2 rings (SSSR count). The predicted octanol–water partition coefficient (Wildman–Crippen LogP) is 1.53. The number of piperazine rings is 1. The van der Waals surface area contributed by atoms with Crippen molar-refractivity contribution in [3.05, 3.63) is 0 Å². The van der Waals surface area contributed by atoms with Gasteiger partial charge in [-0.25, -0.2) is 0 Å². The first-order valence-corrected chi connectivity index (χ1v) is 7.29. The minimum Gasteiger partial charge on any atom is -0.329 e. The van der Waals surface area contributed by atoms with Crippen LogP contribution in [0.25, 0.3) is 0 Å². The number of nitrogens with two attached hydrogens (primary N) is 1. The highest BCUT2D eigenvalue weighted by Gasteiger charge is 2.46. The van der Waals surface area contributed by atoms with E-state index < -0.39 is 0 Å². The molecule has 1 heterocycles. The van der Waals surface area contributed by atoms with Crippen LogP contribution in [0, 0.1) is 5.92 Å². The summed E-state index contributed by atoms with van der Waals surface area (Å²) in [5.41, 5.74) is 6.51. The fourth-order valence-corrected chi connectivity index (χ4v) is 3.98. The minimum atomic E-state index is 0.324. The Morgan fingerprint density at radius 1 is 1.35 bits per heavy atom. The molecule has 0 bridgehead atoms. The lowest BCUT2D eigenvalue weighted by Crippen LogP contribution is -2.63. The van der Waals surface area contributed by atoms with E-state index in [0.29, 0.717) is 11.6 Å². The highest BCUT2D eigenvalue weighted by Crippen LogP contribution is 2.42. The molecule has 1 saturated carbocycles. The molecule has 1 aliphatic carbocycles. The summed E-state index contributed by atoms with van der Waals surface area (Å²) in [7, 11) is 2.24. The summed E-state index contributed by atoms with van der Waals surface area (Å²) in [6.45, 7) is 9.12. The predicted molar refractivity (Wildman–Crippen MR) is 73.1 cm³/mol. The van der Waals surface area contributed by atoms with Crippen LogP contribution in [0.2, 0.25) is 0 Å². The number of hydrogen-bond acceptors (Lipinski definition) is 3. The molecule has 0 aromatic rings. The fourth-order valence-electron chi connectivity index (χ4n) is 3.98. The average Bonchev–Trinajstić information content (AvgIpc) is 2.76. The van der Waals surface area contributed by atoms with Crippen molar-refractivity contribution in [2.24, 2.45) is 11.7 Å². The van der Waals surface area contributed by atoms with Crippen molar-refractivity contribution in [1.82, 2.24) is 9.80 Å². The Morgan fingerprint density at radius 2 is 2.12 bits per heavy atom. The van der Waals surface area contributed by atoms with E-state index in [-0.39, 0.29) is 0 Å². The fraction of sp³-hybridized carbons (Fsp3) is 1.00. The summed E-state index contributed by atoms with van der Waals surface area (Å²) in [5, 5.41) is 0. The van der Waals surface area contributed by atoms with Gasteiger partial charge in [-0.05, 0) is 32.7 Å². The van der Waals surface area contributed by atoms with Gasteiger partial charge < -0.3 is 10.6 Å². The van der Waals surface area contributed by atoms with Gasteiger partial charge in [0.1, 0.15) is 0 Å². The van der Waals surface area contributed by atoms with Crippen molar-refractivity contribution in [2.75, 3.05) is 33.2 Å². The van der Waals surface area contributed by atoms with Crippen LogP contribution >= 0.6 is 0 Å². The molecule has 3 heteroatoms. The van der Waals surface area contributed by atoms with Crippen molar-refractivity contribution in [2.45, 2.75) is 51.1 Å². The van der Waals surface area contributed by atoms with E-state index in [9.17, 15) is 0 Å². The smallest absolute Gasteiger partial charge is 0.0360 e. The van der Waals surface area contributed by atoms with Crippen LogP contribution in [0.15, 0.2) is 0 Å². The van der Waals surface area contributed by atoms with Crippen molar-refractivity contribution >= 4 is 0 Å². The van der Waals surface area contributed by atoms with E-state index in [1.54, 1.807) is 0 Å². The highest BCUT2D eigenvalue weighted by molar-refractivity contribution is 5.03. The van der Waals surface area contributed by atoms with Gasteiger partial charge in [0.25, 0.3) is 0 Å². The molecular weight excluding hydrogens is 210 g/mol. The van der Waals surface area contributed by atoms with Gasteiger partial charge in [-0.3, -0.25) is 4.90 Å². The summed E-state index contributed by atoms with van der Waals surface area (Å²) in [4.78, 5) is 5.19. The van der Waals surface area contributed by atoms with Crippen LogP contribution in [-0.4, -0.2) is 54.6 Å². The zero-order valence-corrected chi connectivity index (χ0v) is 11.8. The first-order chi connectivity index (χ1) is 8.14. The highest BCUT2D eigenvalue weighted by atomic mass is 15.3. The monoisotopic (exact) mass is 239 g/mol. The van der Waals surface area contributed by atoms with Gasteiger partial charge >= 0.3 is 0 Å². The molecule has 17 heavy (non-hydrogen) atoms. The largest absolute Gasteiger partial charge is 0.329 e. The second-order valence-corrected chi connectivity index (χ2v) is 6.08. The zero-order valence-electron chi connectivity index (χ0n) is 11.8. The summed E-state index contributed by atoms with van der Waals surface area (Å²) in [5.74, 6) is 0.822. The third kappa shape index (κ3) is 2.25. The zero-order chi connectivity index (χ0) is 12.5. The standard InChI is InChI=1S/C14H29N3/c1-4-13-6-5-7-14(13,11-15)17-9-8-16(3)12(2)10-17/h12-13H,4-11,15H2,1-3H3. The molecule has 3 atom stereocenters. The van der Waals surface area contributed by atoms with Crippen molar-refractivity contribution in [3.8, 4) is 0 Å². The van der Waals surface area contributed by atoms with Gasteiger partial charge in [0.05, 0.1) is 0 Å². The Balaban J connectivity index is 2.12. The topological polar surface area (TPSA) is 32.5 Å². The SMILES string of the molecule is CCC1CCCC1(CN)N1CCN(C)C(C)C1. The van der Waals surface area contributed by atoms with E-state index in [2.05, 4.69) is 30.7 Å². The van der Waals surface area contributed by atoms with Gasteiger partial charge in [0.15, 0.2) is 0 Å². The van der Waals surface area contributed by atoms with Crippen molar-refractivity contribution in [1.29, 1.82) is 0 Å². The summed E-state index contributed by atoms with van der Waals surface area (Å²) in [6, 6.07) is 0.672. The lowest BCUT2D eigenvalue weighted by atomic mass is 9.82. The normalized spacial score (nSPS) is 40.9. The lowest BCUT2D eigenvalue weighted by molar-refractivity contribution is -0.00402. The Bertz CT molecular complexity index is 256. The second kappa shape index (κ2) is 5.25. The van der Waals surface area contributed by atoms with Crippen LogP contribution < -0.4 is 5.73 Å². The Morgan fingerprint density at radius 3 is 2.71 bits per heavy atom. The van der Waals surface area contributed by atoms with Crippen LogP contribution in [0.3, 0.4) is 0 Å². The molecule has 3 nitrogen and oxygen atoms in total. The maximum absolute atomic E-state index is 6.19. The van der Waals surface area contributed by atoms with Gasteiger partial charge in [-0.1, -0.05) is 19.8 Å². The van der Waals surface area contributed by atoms with Gasteiger partial charge in [-0.15, -0.1) is 0 Å². The lowest BCUT2D eigenvalue weighted by Gasteiger charge is -2.50. The van der Waals surface area contributed by atoms with Gasteiger partial charge in [-0.2, -0.15) is 0 Å². The number of hydrogen-bond donors (Lipinski definition) is 1. The van der Waals surface area contributed by atoms with Crippen LogP contribution in [-0.2, 0) is 0 Å². The van der Waals surface area contributed by atoms with Crippen molar-refractivity contribution in [3.63, 3.8) is 0 Å². The van der Waals surface area contributed by atoms with Gasteiger partial charge in [0, 0.05) is 37.8 Å². The maximum Gasteiger partial charge on any atom is 0.0360 e. The van der Waals surface area contributed by atoms with E-state index in [0.717, 1.165) is 12.5 Å². The molecule has 0 amide bonds. The molecular formula is C14H29N3. The van der Waals surface area contributed by atoms with E-state index in [4.69, 9.17) is 5.73 Å². The molecule has 0 aromatic heterocycles. The van der Waals surface area contributed by atoms with Crippen LogP contribution in [0.4, 0.5) is 0 Å². The Hall–Kier alpha value is -0.120. The molecule has 3 unspecified atom stereocenters. The molecule has 0 radical (unpaired) electrons. The summed E-state index contributed by atoms with van der Waals surface area (Å²) >= 11 is 0. The third-order valence-corrected chi connectivity index (χ3v) is 5.36. The molecule has 100 valence electrons. The van der Waals surface area contributed by atoms with Gasteiger partial charge in [0.2, 0.25) is 0 Å². The first kappa shape index (κ1) is 13.3. The van der Waals surface area contributed by atoms with Crippen molar-refractivity contribution < 1.29 is 0 Å². The molecule has 1 saturated heterocycles. The molecule has 0 spiro atoms. The van der Waals surface area contributed by atoms with E-state index >= 15 is 0 Å². The number of likely N-dealkylation sites (N-methyl/N-ethyl adjacent to an activating group) is 1. The number of rotatable bonds is 3. The minimum absolute atomic E-state index is 0.324. The molecule has 2 aliphatic rings. The summed E-state index contributed by atoms with van der Waals surface area (Å²) < 4.78 is 0. The van der Waals surface area contributed by atoms with Crippen LogP contribution in [0.1, 0.15) is 39.5 Å². The quantitative estimate of drug-likeness (QED) is 0.811. The molecule has 0 aromatic carbocycles. The average molecular weight is 239 g/mol. The summed E-state index contributed by atoms with van der Waals surface area (Å²) in [6.07, 6.45) is 5.36. The molecule has 1 aliphatic heterocycles. The molecule has 2 fully saturated rings. The van der Waals surface area contributed by atoms with E-state index in [1.165, 1.54) is 45.3 Å². The van der Waals surface area contributed by atoms with Crippen LogP contribution in [0.5, 0.6) is 0 Å². The number of nitrogens with zero attached hydrogens (tertiary/aromatic N) is 2. The Labute approximate surface area is 106 Å². The maximum atomic E-state index is 6.19. The molecule has 2 N–H and O–H groups in total. The Kier molecular flexibility index (Phi) is 4.11. The first-order valence-electron chi connectivity index (χ1n) is 7.29.